The van der Waals surface area contributed by atoms with Crippen LogP contribution >= 0.6 is 0 Å². The van der Waals surface area contributed by atoms with E-state index in [1.165, 1.54) is 13.8 Å². The Morgan fingerprint density at radius 2 is 1.36 bits per heavy atom. The zero-order valence-electron chi connectivity index (χ0n) is 20.2. The molecule has 202 valence electrons. The second-order valence-electron chi connectivity index (χ2n) is 8.91. The smallest absolute Gasteiger partial charge is 0.223 e. The predicted molar refractivity (Wildman–Crippen MR) is 121 cm³/mol. The molecule has 3 rings (SSSR count). The quantitative estimate of drug-likeness (QED) is 0.190. The third kappa shape index (κ3) is 6.49. The summed E-state index contributed by atoms with van der Waals surface area (Å²) in [6.07, 6.45) is -11.1. The summed E-state index contributed by atoms with van der Waals surface area (Å²) >= 11 is 0. The van der Waals surface area contributed by atoms with Crippen LogP contribution in [0.2, 0.25) is 0 Å². The lowest BCUT2D eigenvalue weighted by Crippen LogP contribution is -2.69. The van der Waals surface area contributed by atoms with Gasteiger partial charge in [-0.15, -0.1) is 0 Å². The number of hydrogen-bond donors (Lipinski definition) is 7. The van der Waals surface area contributed by atoms with Crippen LogP contribution in [0.4, 0.5) is 0 Å². The topological polar surface area (TPSA) is 196 Å². The summed E-state index contributed by atoms with van der Waals surface area (Å²) in [5, 5.41) is 56.4. The molecule has 1 aromatic carbocycles. The molecule has 2 heterocycles. The van der Waals surface area contributed by atoms with Crippen LogP contribution in [0.5, 0.6) is 5.75 Å². The summed E-state index contributed by atoms with van der Waals surface area (Å²) in [5.41, 5.74) is 0.988. The van der Waals surface area contributed by atoms with Crippen LogP contribution in [0, 0.1) is 6.92 Å². The summed E-state index contributed by atoms with van der Waals surface area (Å²) in [7, 11) is 0. The molecule has 0 aromatic heterocycles. The van der Waals surface area contributed by atoms with Gasteiger partial charge in [0.15, 0.2) is 6.29 Å². The Morgan fingerprint density at radius 3 is 1.89 bits per heavy atom. The Kier molecular flexibility index (Phi) is 9.60. The molecule has 7 N–H and O–H groups in total. The van der Waals surface area contributed by atoms with Gasteiger partial charge in [0.05, 0.1) is 13.2 Å². The Balaban J connectivity index is 1.86. The maximum Gasteiger partial charge on any atom is 0.223 e. The number of rotatable bonds is 8. The predicted octanol–water partition coefficient (Wildman–Crippen LogP) is -2.71. The normalized spacial score (nSPS) is 36.7. The number of aliphatic hydroxyl groups is 5. The van der Waals surface area contributed by atoms with Gasteiger partial charge in [-0.3, -0.25) is 9.59 Å². The van der Waals surface area contributed by atoms with E-state index >= 15 is 0 Å². The zero-order valence-corrected chi connectivity index (χ0v) is 20.2. The molecule has 10 atom stereocenters. The molecule has 0 saturated carbocycles. The average molecular weight is 515 g/mol. The first kappa shape index (κ1) is 28.2. The van der Waals surface area contributed by atoms with Crippen molar-refractivity contribution in [3.8, 4) is 5.75 Å². The first-order chi connectivity index (χ1) is 17.0. The van der Waals surface area contributed by atoms with Crippen LogP contribution in [-0.4, -0.2) is 112 Å². The highest BCUT2D eigenvalue weighted by molar-refractivity contribution is 5.73. The van der Waals surface area contributed by atoms with E-state index in [0.717, 1.165) is 5.56 Å². The largest absolute Gasteiger partial charge is 0.463 e. The Labute approximate surface area is 207 Å². The molecule has 13 heteroatoms. The molecule has 1 aromatic rings. The summed E-state index contributed by atoms with van der Waals surface area (Å²) in [4.78, 5) is 23.6. The van der Waals surface area contributed by atoms with E-state index in [-0.39, 0.29) is 0 Å². The third-order valence-electron chi connectivity index (χ3n) is 6.04. The third-order valence-corrected chi connectivity index (χ3v) is 6.04. The molecule has 2 aliphatic heterocycles. The van der Waals surface area contributed by atoms with Crippen molar-refractivity contribution < 1.29 is 54.1 Å². The van der Waals surface area contributed by atoms with E-state index in [9.17, 15) is 35.1 Å². The standard InChI is InChI=1S/C23H34N2O11/c1-10-4-6-13(7-5-10)33-22-17(25-12(3)29)20(32)21(15(9-27)35-22)36-23-16(24-11(2)28)19(31)18(30)14(8-26)34-23/h4-7,14-23,26-27,30-32H,8-9H2,1-3H3,(H,24,28)(H,25,29). The molecule has 0 bridgehead atoms. The van der Waals surface area contributed by atoms with Crippen LogP contribution in [0.3, 0.4) is 0 Å². The number of hydrogen-bond acceptors (Lipinski definition) is 11. The maximum atomic E-state index is 11.9. The van der Waals surface area contributed by atoms with Crippen molar-refractivity contribution in [2.24, 2.45) is 0 Å². The van der Waals surface area contributed by atoms with Crippen LogP contribution in [0.15, 0.2) is 24.3 Å². The van der Waals surface area contributed by atoms with E-state index in [0.29, 0.717) is 5.75 Å². The van der Waals surface area contributed by atoms with Crippen molar-refractivity contribution in [1.82, 2.24) is 10.6 Å². The van der Waals surface area contributed by atoms with E-state index in [1.807, 2.05) is 6.92 Å². The first-order valence-electron chi connectivity index (χ1n) is 11.6. The Bertz CT molecular complexity index is 885. The van der Waals surface area contributed by atoms with Crippen molar-refractivity contribution in [2.45, 2.75) is 82.1 Å². The van der Waals surface area contributed by atoms with Crippen molar-refractivity contribution in [1.29, 1.82) is 0 Å². The van der Waals surface area contributed by atoms with Gasteiger partial charge in [-0.2, -0.15) is 0 Å². The van der Waals surface area contributed by atoms with Crippen LogP contribution < -0.4 is 15.4 Å². The monoisotopic (exact) mass is 514 g/mol. The highest BCUT2D eigenvalue weighted by Crippen LogP contribution is 2.30. The zero-order chi connectivity index (χ0) is 26.6. The molecule has 36 heavy (non-hydrogen) atoms. The van der Waals surface area contributed by atoms with Crippen molar-refractivity contribution in [3.05, 3.63) is 29.8 Å². The van der Waals surface area contributed by atoms with E-state index in [4.69, 9.17) is 18.9 Å². The summed E-state index contributed by atoms with van der Waals surface area (Å²) in [5.74, 6) is -0.661. The van der Waals surface area contributed by atoms with Gasteiger partial charge in [-0.1, -0.05) is 17.7 Å². The lowest BCUT2D eigenvalue weighted by atomic mass is 9.94. The van der Waals surface area contributed by atoms with Gasteiger partial charge in [-0.25, -0.2) is 0 Å². The number of carbonyl (C=O) groups is 2. The van der Waals surface area contributed by atoms with E-state index in [1.54, 1.807) is 24.3 Å². The molecule has 2 aliphatic rings. The lowest BCUT2D eigenvalue weighted by Gasteiger charge is -2.48. The van der Waals surface area contributed by atoms with Crippen LogP contribution in [0.1, 0.15) is 19.4 Å². The molecule has 0 aliphatic carbocycles. The highest BCUT2D eigenvalue weighted by Gasteiger charge is 2.52. The van der Waals surface area contributed by atoms with Gasteiger partial charge < -0.3 is 55.1 Å². The van der Waals surface area contributed by atoms with Gasteiger partial charge in [-0.05, 0) is 19.1 Å². The summed E-state index contributed by atoms with van der Waals surface area (Å²) in [6, 6.07) is 4.54. The molecular formula is C23H34N2O11. The first-order valence-corrected chi connectivity index (χ1v) is 11.6. The number of nitrogens with one attached hydrogen (secondary N) is 2. The van der Waals surface area contributed by atoms with Gasteiger partial charge in [0.1, 0.15) is 54.5 Å². The highest BCUT2D eigenvalue weighted by atomic mass is 16.7. The number of amides is 2. The minimum Gasteiger partial charge on any atom is -0.463 e. The van der Waals surface area contributed by atoms with Gasteiger partial charge in [0.2, 0.25) is 18.1 Å². The number of aliphatic hydroxyl groups excluding tert-OH is 5. The number of aryl methyl sites for hydroxylation is 1. The summed E-state index contributed by atoms with van der Waals surface area (Å²) in [6.45, 7) is 3.02. The maximum absolute atomic E-state index is 11.9. The molecule has 2 saturated heterocycles. The second kappa shape index (κ2) is 12.3. The van der Waals surface area contributed by atoms with Crippen molar-refractivity contribution in [2.75, 3.05) is 13.2 Å². The Morgan fingerprint density at radius 1 is 0.833 bits per heavy atom. The molecule has 0 radical (unpaired) electrons. The number of ether oxygens (including phenoxy) is 4. The van der Waals surface area contributed by atoms with Crippen molar-refractivity contribution in [3.63, 3.8) is 0 Å². The Hall–Kier alpha value is -2.36. The van der Waals surface area contributed by atoms with Gasteiger partial charge >= 0.3 is 0 Å². The van der Waals surface area contributed by atoms with Gasteiger partial charge in [0.25, 0.3) is 0 Å². The molecule has 0 spiro atoms. The molecule has 2 amide bonds. The van der Waals surface area contributed by atoms with Crippen molar-refractivity contribution >= 4 is 11.8 Å². The second-order valence-corrected chi connectivity index (χ2v) is 8.91. The average Bonchev–Trinajstić information content (AvgIpc) is 2.83. The molecule has 2 fully saturated rings. The van der Waals surface area contributed by atoms with Gasteiger partial charge in [0, 0.05) is 13.8 Å². The number of carbonyl (C=O) groups excluding carboxylic acids is 2. The fraction of sp³-hybridized carbons (Fsp3) is 0.652. The minimum atomic E-state index is -1.58. The number of benzene rings is 1. The van der Waals surface area contributed by atoms with Crippen LogP contribution in [-0.2, 0) is 23.8 Å². The fourth-order valence-electron chi connectivity index (χ4n) is 4.22. The lowest BCUT2D eigenvalue weighted by molar-refractivity contribution is -0.325. The molecular weight excluding hydrogens is 480 g/mol. The summed E-state index contributed by atoms with van der Waals surface area (Å²) < 4.78 is 23.1. The molecule has 10 unspecified atom stereocenters. The fourth-order valence-corrected chi connectivity index (χ4v) is 4.22. The minimum absolute atomic E-state index is 0.397. The SMILES string of the molecule is CC(=O)NC1C(OC2C(CO)OC(Oc3ccc(C)cc3)C(NC(C)=O)C2O)OC(CO)C(O)C1O. The molecule has 13 nitrogen and oxygen atoms in total. The van der Waals surface area contributed by atoms with E-state index in [2.05, 4.69) is 10.6 Å². The van der Waals surface area contributed by atoms with Crippen LogP contribution in [0.25, 0.3) is 0 Å². The van der Waals surface area contributed by atoms with E-state index < -0.39 is 86.3 Å².